The Hall–Kier alpha value is -1.07. The van der Waals surface area contributed by atoms with Crippen LogP contribution in [0.5, 0.6) is 5.75 Å². The van der Waals surface area contributed by atoms with Crippen molar-refractivity contribution in [3.63, 3.8) is 0 Å². The summed E-state index contributed by atoms with van der Waals surface area (Å²) >= 11 is 0. The van der Waals surface area contributed by atoms with Crippen molar-refractivity contribution in [2.24, 2.45) is 0 Å². The molecule has 1 aromatic heterocycles. The van der Waals surface area contributed by atoms with E-state index in [9.17, 15) is 0 Å². The standard InChI is InChI=1S/C14H25N3O2/c1-11(2)16-5-6-18-14(8-16)10-19-13-7-15-17(9-13)12(3)4/h7,9,11-12,14H,5-6,8,10H2,1-4H3. The number of ether oxygens (including phenoxy) is 2. The van der Waals surface area contributed by atoms with Gasteiger partial charge in [0.05, 0.1) is 19.0 Å². The van der Waals surface area contributed by atoms with Crippen molar-refractivity contribution in [2.75, 3.05) is 26.3 Å². The molecule has 1 unspecified atom stereocenters. The molecule has 19 heavy (non-hydrogen) atoms. The number of hydrogen-bond acceptors (Lipinski definition) is 4. The molecule has 1 atom stereocenters. The number of rotatable bonds is 5. The number of morpholine rings is 1. The van der Waals surface area contributed by atoms with E-state index in [2.05, 4.69) is 37.7 Å². The van der Waals surface area contributed by atoms with Gasteiger partial charge in [0.15, 0.2) is 5.75 Å². The third-order valence-corrected chi connectivity index (χ3v) is 3.44. The first-order valence-electron chi connectivity index (χ1n) is 7.09. The fraction of sp³-hybridized carbons (Fsp3) is 0.786. The highest BCUT2D eigenvalue weighted by molar-refractivity contribution is 5.12. The van der Waals surface area contributed by atoms with Gasteiger partial charge in [0.25, 0.3) is 0 Å². The van der Waals surface area contributed by atoms with Crippen LogP contribution >= 0.6 is 0 Å². The molecule has 1 aliphatic heterocycles. The molecule has 0 amide bonds. The minimum Gasteiger partial charge on any atom is -0.488 e. The van der Waals surface area contributed by atoms with Crippen LogP contribution in [0.1, 0.15) is 33.7 Å². The van der Waals surface area contributed by atoms with Crippen molar-refractivity contribution in [3.8, 4) is 5.75 Å². The molecule has 0 aromatic carbocycles. The molecule has 1 aliphatic rings. The summed E-state index contributed by atoms with van der Waals surface area (Å²) in [5, 5.41) is 4.26. The fourth-order valence-electron chi connectivity index (χ4n) is 2.18. The normalized spacial score (nSPS) is 21.3. The maximum Gasteiger partial charge on any atom is 0.157 e. The lowest BCUT2D eigenvalue weighted by Crippen LogP contribution is -2.47. The number of nitrogens with zero attached hydrogens (tertiary/aromatic N) is 3. The molecule has 5 heteroatoms. The molecule has 0 N–H and O–H groups in total. The molecular formula is C14H25N3O2. The monoisotopic (exact) mass is 267 g/mol. The predicted octanol–water partition coefficient (Wildman–Crippen LogP) is 1.95. The molecule has 2 rings (SSSR count). The zero-order valence-corrected chi connectivity index (χ0v) is 12.4. The topological polar surface area (TPSA) is 39.5 Å². The first kappa shape index (κ1) is 14.3. The van der Waals surface area contributed by atoms with Gasteiger partial charge in [-0.15, -0.1) is 0 Å². The van der Waals surface area contributed by atoms with E-state index in [-0.39, 0.29) is 6.10 Å². The predicted molar refractivity (Wildman–Crippen MR) is 74.6 cm³/mol. The van der Waals surface area contributed by atoms with E-state index in [1.807, 2.05) is 10.9 Å². The van der Waals surface area contributed by atoms with Gasteiger partial charge in [0.2, 0.25) is 0 Å². The third-order valence-electron chi connectivity index (χ3n) is 3.44. The van der Waals surface area contributed by atoms with Gasteiger partial charge < -0.3 is 9.47 Å². The molecule has 2 heterocycles. The lowest BCUT2D eigenvalue weighted by atomic mass is 10.2. The first-order valence-corrected chi connectivity index (χ1v) is 7.09. The lowest BCUT2D eigenvalue weighted by Gasteiger charge is -2.35. The molecule has 0 spiro atoms. The molecule has 0 saturated carbocycles. The molecule has 0 bridgehead atoms. The van der Waals surface area contributed by atoms with Gasteiger partial charge in [-0.3, -0.25) is 9.58 Å². The van der Waals surface area contributed by atoms with Gasteiger partial charge in [0, 0.05) is 25.2 Å². The average Bonchev–Trinajstić information content (AvgIpc) is 2.85. The second kappa shape index (κ2) is 6.39. The third kappa shape index (κ3) is 3.94. The summed E-state index contributed by atoms with van der Waals surface area (Å²) in [5.41, 5.74) is 0. The summed E-state index contributed by atoms with van der Waals surface area (Å²) in [4.78, 5) is 2.43. The van der Waals surface area contributed by atoms with Gasteiger partial charge in [-0.05, 0) is 27.7 Å². The van der Waals surface area contributed by atoms with Crippen LogP contribution in [0, 0.1) is 0 Å². The van der Waals surface area contributed by atoms with E-state index in [1.54, 1.807) is 6.20 Å². The summed E-state index contributed by atoms with van der Waals surface area (Å²) in [6, 6.07) is 0.926. The van der Waals surface area contributed by atoms with Crippen molar-refractivity contribution < 1.29 is 9.47 Å². The highest BCUT2D eigenvalue weighted by Gasteiger charge is 2.22. The lowest BCUT2D eigenvalue weighted by molar-refractivity contribution is -0.0564. The maximum atomic E-state index is 5.77. The van der Waals surface area contributed by atoms with Crippen LogP contribution in [-0.2, 0) is 4.74 Å². The molecule has 108 valence electrons. The largest absolute Gasteiger partial charge is 0.488 e. The van der Waals surface area contributed by atoms with E-state index in [0.29, 0.717) is 18.7 Å². The molecule has 1 fully saturated rings. The van der Waals surface area contributed by atoms with Crippen LogP contribution in [0.2, 0.25) is 0 Å². The van der Waals surface area contributed by atoms with Crippen molar-refractivity contribution in [3.05, 3.63) is 12.4 Å². The number of aromatic nitrogens is 2. The summed E-state index contributed by atoms with van der Waals surface area (Å²) in [5.74, 6) is 0.818. The summed E-state index contributed by atoms with van der Waals surface area (Å²) < 4.78 is 13.4. The first-order chi connectivity index (χ1) is 9.06. The Kier molecular flexibility index (Phi) is 4.82. The Bertz CT molecular complexity index is 390. The van der Waals surface area contributed by atoms with Crippen LogP contribution in [0.15, 0.2) is 12.4 Å². The molecule has 0 radical (unpaired) electrons. The maximum absolute atomic E-state index is 5.77. The second-order valence-electron chi connectivity index (χ2n) is 5.64. The van der Waals surface area contributed by atoms with E-state index >= 15 is 0 Å². The van der Waals surface area contributed by atoms with Crippen molar-refractivity contribution in [1.29, 1.82) is 0 Å². The van der Waals surface area contributed by atoms with E-state index in [1.165, 1.54) is 0 Å². The van der Waals surface area contributed by atoms with Crippen LogP contribution in [0.4, 0.5) is 0 Å². The van der Waals surface area contributed by atoms with Crippen LogP contribution in [0.25, 0.3) is 0 Å². The Balaban J connectivity index is 1.81. The van der Waals surface area contributed by atoms with E-state index in [0.717, 1.165) is 25.4 Å². The highest BCUT2D eigenvalue weighted by Crippen LogP contribution is 2.14. The molecule has 0 aliphatic carbocycles. The fourth-order valence-corrected chi connectivity index (χ4v) is 2.18. The van der Waals surface area contributed by atoms with Gasteiger partial charge in [-0.1, -0.05) is 0 Å². The summed E-state index contributed by atoms with van der Waals surface area (Å²) in [6.07, 6.45) is 3.86. The highest BCUT2D eigenvalue weighted by atomic mass is 16.5. The molecule has 5 nitrogen and oxygen atoms in total. The summed E-state index contributed by atoms with van der Waals surface area (Å²) in [6.45, 7) is 12.0. The zero-order valence-electron chi connectivity index (χ0n) is 12.4. The Morgan fingerprint density at radius 2 is 2.16 bits per heavy atom. The minimum atomic E-state index is 0.151. The second-order valence-corrected chi connectivity index (χ2v) is 5.64. The van der Waals surface area contributed by atoms with Crippen molar-refractivity contribution >= 4 is 0 Å². The van der Waals surface area contributed by atoms with Crippen molar-refractivity contribution in [2.45, 2.75) is 45.9 Å². The summed E-state index contributed by atoms with van der Waals surface area (Å²) in [7, 11) is 0. The number of hydrogen-bond donors (Lipinski definition) is 0. The van der Waals surface area contributed by atoms with E-state index in [4.69, 9.17) is 9.47 Å². The minimum absolute atomic E-state index is 0.151. The van der Waals surface area contributed by atoms with Gasteiger partial charge in [0.1, 0.15) is 12.7 Å². The van der Waals surface area contributed by atoms with E-state index < -0.39 is 0 Å². The zero-order chi connectivity index (χ0) is 13.8. The molecule has 1 aromatic rings. The Labute approximate surface area is 115 Å². The van der Waals surface area contributed by atoms with Gasteiger partial charge in [-0.2, -0.15) is 5.10 Å². The van der Waals surface area contributed by atoms with Gasteiger partial charge >= 0.3 is 0 Å². The Morgan fingerprint density at radius 3 is 2.79 bits per heavy atom. The van der Waals surface area contributed by atoms with Gasteiger partial charge in [-0.25, -0.2) is 0 Å². The van der Waals surface area contributed by atoms with Crippen molar-refractivity contribution in [1.82, 2.24) is 14.7 Å². The van der Waals surface area contributed by atoms with Crippen LogP contribution in [0.3, 0.4) is 0 Å². The van der Waals surface area contributed by atoms with Crippen LogP contribution in [-0.4, -0.2) is 53.1 Å². The van der Waals surface area contributed by atoms with Crippen LogP contribution < -0.4 is 4.74 Å². The molecule has 1 saturated heterocycles. The smallest absolute Gasteiger partial charge is 0.157 e. The molecular weight excluding hydrogens is 242 g/mol. The quantitative estimate of drug-likeness (QED) is 0.817. The SMILES string of the molecule is CC(C)N1CCOC(COc2cnn(C(C)C)c2)C1. The average molecular weight is 267 g/mol. The Morgan fingerprint density at radius 1 is 1.37 bits per heavy atom.